The van der Waals surface area contributed by atoms with Gasteiger partial charge in [0.05, 0.1) is 13.7 Å². The molecule has 0 saturated carbocycles. The van der Waals surface area contributed by atoms with Crippen molar-refractivity contribution in [2.75, 3.05) is 13.2 Å². The smallest absolute Gasteiger partial charge is 0.243 e. The van der Waals surface area contributed by atoms with Crippen LogP contribution in [0.5, 0.6) is 0 Å². The molecule has 1 amide bonds. The number of hydrogen-bond acceptors (Lipinski definition) is 2. The molecule has 1 N–H and O–H groups in total. The summed E-state index contributed by atoms with van der Waals surface area (Å²) in [6.45, 7) is 4.18. The van der Waals surface area contributed by atoms with Gasteiger partial charge in [-0.3, -0.25) is 4.79 Å². The van der Waals surface area contributed by atoms with Gasteiger partial charge in [0.2, 0.25) is 5.91 Å². The van der Waals surface area contributed by atoms with Crippen LogP contribution >= 0.6 is 0 Å². The molecule has 0 saturated heterocycles. The van der Waals surface area contributed by atoms with Crippen molar-refractivity contribution >= 4 is 5.91 Å². The van der Waals surface area contributed by atoms with Gasteiger partial charge in [-0.05, 0) is 6.08 Å². The van der Waals surface area contributed by atoms with Crippen molar-refractivity contribution in [3.05, 3.63) is 19.8 Å². The topological polar surface area (TPSA) is 38.3 Å². The van der Waals surface area contributed by atoms with Crippen molar-refractivity contribution in [2.45, 2.75) is 0 Å². The highest BCUT2D eigenvalue weighted by Crippen LogP contribution is 1.68. The molecule has 0 atom stereocenters. The van der Waals surface area contributed by atoms with E-state index in [1.807, 2.05) is 0 Å². The molecule has 0 fully saturated rings. The highest BCUT2D eigenvalue weighted by molar-refractivity contribution is 5.86. The third-order valence-corrected chi connectivity index (χ3v) is 0.731. The molecule has 0 rings (SSSR count). The summed E-state index contributed by atoms with van der Waals surface area (Å²) in [6.07, 6.45) is 1.21. The minimum absolute atomic E-state index is 0.188. The fourth-order valence-corrected chi connectivity index (χ4v) is 0.319. The molecule has 0 unspecified atom stereocenters. The van der Waals surface area contributed by atoms with Gasteiger partial charge in [0.1, 0.15) is 0 Å². The highest BCUT2D eigenvalue weighted by Gasteiger charge is 1.89. The number of carbonyl (C=O) groups is 1. The maximum absolute atomic E-state index is 10.4. The minimum atomic E-state index is -0.188. The van der Waals surface area contributed by atoms with E-state index in [1.54, 1.807) is 0 Å². The normalized spacial score (nSPS) is 8.56. The summed E-state index contributed by atoms with van der Waals surface area (Å²) >= 11 is 0. The average molecular weight is 128 g/mol. The molecule has 51 valence electrons. The number of hydrogen-bond donors (Lipinski definition) is 1. The van der Waals surface area contributed by atoms with Gasteiger partial charge in [-0.2, -0.15) is 0 Å². The predicted octanol–water partition coefficient (Wildman–Crippen LogP) is 0.0968. The van der Waals surface area contributed by atoms with Crippen LogP contribution in [0, 0.1) is 7.11 Å². The third kappa shape index (κ3) is 5.03. The van der Waals surface area contributed by atoms with Crippen LogP contribution in [-0.2, 0) is 9.53 Å². The van der Waals surface area contributed by atoms with Gasteiger partial charge in [0.25, 0.3) is 0 Å². The summed E-state index contributed by atoms with van der Waals surface area (Å²) in [5.74, 6) is -0.188. The van der Waals surface area contributed by atoms with Crippen molar-refractivity contribution in [1.82, 2.24) is 5.32 Å². The van der Waals surface area contributed by atoms with Crippen LogP contribution in [-0.4, -0.2) is 19.1 Å². The highest BCUT2D eigenvalue weighted by atomic mass is 16.5. The molecule has 0 aliphatic carbocycles. The lowest BCUT2D eigenvalue weighted by molar-refractivity contribution is -0.116. The lowest BCUT2D eigenvalue weighted by Gasteiger charge is -1.97. The molecule has 9 heavy (non-hydrogen) atoms. The zero-order valence-corrected chi connectivity index (χ0v) is 5.22. The van der Waals surface area contributed by atoms with Crippen LogP contribution in [0.25, 0.3) is 0 Å². The van der Waals surface area contributed by atoms with Crippen LogP contribution in [0.2, 0.25) is 0 Å². The Morgan fingerprint density at radius 3 is 2.89 bits per heavy atom. The van der Waals surface area contributed by atoms with Gasteiger partial charge >= 0.3 is 0 Å². The molecule has 1 radical (unpaired) electrons. The van der Waals surface area contributed by atoms with E-state index in [-0.39, 0.29) is 5.91 Å². The number of ether oxygens (including phenoxy) is 1. The van der Waals surface area contributed by atoms with Gasteiger partial charge in [-0.1, -0.05) is 6.58 Å². The van der Waals surface area contributed by atoms with Gasteiger partial charge in [0.15, 0.2) is 0 Å². The Morgan fingerprint density at radius 1 is 1.78 bits per heavy atom. The number of amides is 1. The lowest BCUT2D eigenvalue weighted by atomic mass is 10.5. The van der Waals surface area contributed by atoms with Gasteiger partial charge in [0, 0.05) is 6.54 Å². The maximum atomic E-state index is 10.4. The summed E-state index contributed by atoms with van der Waals surface area (Å²) in [7, 11) is 3.13. The molecular weight excluding hydrogens is 118 g/mol. The Bertz CT molecular complexity index is 101. The largest absolute Gasteiger partial charge is 0.377 e. The van der Waals surface area contributed by atoms with E-state index in [0.717, 1.165) is 0 Å². The first kappa shape index (κ1) is 8.17. The van der Waals surface area contributed by atoms with E-state index in [1.165, 1.54) is 6.08 Å². The lowest BCUT2D eigenvalue weighted by Crippen LogP contribution is -2.24. The monoisotopic (exact) mass is 128 g/mol. The Balaban J connectivity index is 3.07. The van der Waals surface area contributed by atoms with Crippen LogP contribution in [0.4, 0.5) is 0 Å². The third-order valence-electron chi connectivity index (χ3n) is 0.731. The first-order valence-electron chi connectivity index (χ1n) is 2.58. The average Bonchev–Trinajstić information content (AvgIpc) is 1.89. The number of rotatable bonds is 4. The second-order valence-electron chi connectivity index (χ2n) is 1.40. The first-order valence-corrected chi connectivity index (χ1v) is 2.58. The number of nitrogens with one attached hydrogen (secondary N) is 1. The van der Waals surface area contributed by atoms with Crippen LogP contribution in [0.1, 0.15) is 0 Å². The van der Waals surface area contributed by atoms with Crippen molar-refractivity contribution in [3.8, 4) is 0 Å². The van der Waals surface area contributed by atoms with E-state index in [2.05, 4.69) is 23.7 Å². The molecule has 0 bridgehead atoms. The van der Waals surface area contributed by atoms with E-state index in [9.17, 15) is 4.79 Å². The summed E-state index contributed by atoms with van der Waals surface area (Å²) in [5, 5.41) is 2.51. The van der Waals surface area contributed by atoms with Gasteiger partial charge in [-0.15, -0.1) is 0 Å². The SMILES string of the molecule is [CH2]OCCNC(=O)C=C. The van der Waals surface area contributed by atoms with Crippen molar-refractivity contribution in [3.63, 3.8) is 0 Å². The quantitative estimate of drug-likeness (QED) is 0.430. The Morgan fingerprint density at radius 2 is 2.44 bits per heavy atom. The Hall–Kier alpha value is -0.830. The van der Waals surface area contributed by atoms with Crippen molar-refractivity contribution < 1.29 is 9.53 Å². The molecule has 0 aliphatic rings. The summed E-state index contributed by atoms with van der Waals surface area (Å²) in [4.78, 5) is 10.4. The van der Waals surface area contributed by atoms with E-state index >= 15 is 0 Å². The van der Waals surface area contributed by atoms with E-state index in [4.69, 9.17) is 0 Å². The minimum Gasteiger partial charge on any atom is -0.377 e. The van der Waals surface area contributed by atoms with Crippen LogP contribution in [0.15, 0.2) is 12.7 Å². The van der Waals surface area contributed by atoms with Crippen molar-refractivity contribution in [2.24, 2.45) is 0 Å². The van der Waals surface area contributed by atoms with Gasteiger partial charge in [-0.25, -0.2) is 0 Å². The fraction of sp³-hybridized carbons (Fsp3) is 0.333. The molecule has 0 spiro atoms. The fourth-order valence-electron chi connectivity index (χ4n) is 0.319. The Labute approximate surface area is 54.7 Å². The molecular formula is C6H10NO2. The van der Waals surface area contributed by atoms with E-state index < -0.39 is 0 Å². The molecule has 0 aromatic heterocycles. The molecule has 3 nitrogen and oxygen atoms in total. The van der Waals surface area contributed by atoms with Gasteiger partial charge < -0.3 is 10.1 Å². The molecule has 0 aromatic rings. The predicted molar refractivity (Wildman–Crippen MR) is 34.5 cm³/mol. The van der Waals surface area contributed by atoms with Crippen LogP contribution in [0.3, 0.4) is 0 Å². The summed E-state index contributed by atoms with van der Waals surface area (Å²) in [5.41, 5.74) is 0. The molecule has 0 aliphatic heterocycles. The maximum Gasteiger partial charge on any atom is 0.243 e. The second kappa shape index (κ2) is 5.31. The molecule has 0 heterocycles. The molecule has 0 aromatic carbocycles. The second-order valence-corrected chi connectivity index (χ2v) is 1.40. The zero-order valence-electron chi connectivity index (χ0n) is 5.22. The Kier molecular flexibility index (Phi) is 4.82. The van der Waals surface area contributed by atoms with Crippen LogP contribution < -0.4 is 5.32 Å². The standard InChI is InChI=1S/C6H10NO2/c1-3-6(8)7-4-5-9-2/h3H,1-2,4-5H2,(H,7,8). The molecule has 3 heteroatoms. The zero-order chi connectivity index (χ0) is 7.11. The summed E-state index contributed by atoms with van der Waals surface area (Å²) in [6, 6.07) is 0. The van der Waals surface area contributed by atoms with E-state index in [0.29, 0.717) is 13.2 Å². The number of carbonyl (C=O) groups excluding carboxylic acids is 1. The summed E-state index contributed by atoms with van der Waals surface area (Å²) < 4.78 is 4.44. The van der Waals surface area contributed by atoms with Crippen molar-refractivity contribution in [1.29, 1.82) is 0 Å². The first-order chi connectivity index (χ1) is 4.31.